The van der Waals surface area contributed by atoms with E-state index in [1.165, 1.54) is 17.5 Å². The standard InChI is InChI=1S/C20H18N2O2/c1-23-19-17(7-3-11-21-19)18-8-4-12-22-20(18)24-16-10-9-14-5-2-6-15(14)13-16/h3-4,7-13H,2,5-6H2,1H3. The molecule has 24 heavy (non-hydrogen) atoms. The van der Waals surface area contributed by atoms with Crippen LogP contribution in [0, 0.1) is 0 Å². The van der Waals surface area contributed by atoms with Crippen LogP contribution in [0.15, 0.2) is 54.9 Å². The molecule has 1 aliphatic carbocycles. The summed E-state index contributed by atoms with van der Waals surface area (Å²) < 4.78 is 11.5. The fourth-order valence-corrected chi connectivity index (χ4v) is 3.16. The molecule has 4 heteroatoms. The van der Waals surface area contributed by atoms with Gasteiger partial charge in [-0.15, -0.1) is 0 Å². The Morgan fingerprint density at radius 1 is 0.833 bits per heavy atom. The first-order valence-corrected chi connectivity index (χ1v) is 8.09. The third-order valence-electron chi connectivity index (χ3n) is 4.31. The van der Waals surface area contributed by atoms with Gasteiger partial charge in [-0.3, -0.25) is 0 Å². The van der Waals surface area contributed by atoms with Crippen molar-refractivity contribution in [1.82, 2.24) is 9.97 Å². The molecule has 2 heterocycles. The maximum Gasteiger partial charge on any atom is 0.227 e. The van der Waals surface area contributed by atoms with Crippen molar-refractivity contribution in [2.45, 2.75) is 19.3 Å². The average molecular weight is 318 g/mol. The van der Waals surface area contributed by atoms with Crippen molar-refractivity contribution in [2.24, 2.45) is 0 Å². The normalized spacial score (nSPS) is 12.7. The Hall–Kier alpha value is -2.88. The highest BCUT2D eigenvalue weighted by Gasteiger charge is 2.15. The van der Waals surface area contributed by atoms with E-state index in [-0.39, 0.29) is 0 Å². The maximum atomic E-state index is 6.09. The largest absolute Gasteiger partial charge is 0.481 e. The molecule has 0 unspecified atom stereocenters. The van der Waals surface area contributed by atoms with Crippen molar-refractivity contribution in [2.75, 3.05) is 7.11 Å². The fraction of sp³-hybridized carbons (Fsp3) is 0.200. The van der Waals surface area contributed by atoms with Crippen molar-refractivity contribution in [3.05, 3.63) is 66.0 Å². The summed E-state index contributed by atoms with van der Waals surface area (Å²) in [4.78, 5) is 8.68. The van der Waals surface area contributed by atoms with Crippen LogP contribution in [0.5, 0.6) is 17.5 Å². The molecule has 0 aliphatic heterocycles. The molecule has 1 aromatic carbocycles. The SMILES string of the molecule is COc1ncccc1-c1cccnc1Oc1ccc2c(c1)CCC2. The Kier molecular flexibility index (Phi) is 3.87. The maximum absolute atomic E-state index is 6.09. The first kappa shape index (κ1) is 14.7. The second-order valence-corrected chi connectivity index (χ2v) is 5.80. The van der Waals surface area contributed by atoms with Gasteiger partial charge < -0.3 is 9.47 Å². The molecular weight excluding hydrogens is 300 g/mol. The Bertz CT molecular complexity index is 877. The Balaban J connectivity index is 1.72. The van der Waals surface area contributed by atoms with Crippen LogP contribution in [0.4, 0.5) is 0 Å². The van der Waals surface area contributed by atoms with Gasteiger partial charge in [-0.2, -0.15) is 0 Å². The zero-order valence-corrected chi connectivity index (χ0v) is 13.5. The Morgan fingerprint density at radius 3 is 2.33 bits per heavy atom. The van der Waals surface area contributed by atoms with Crippen LogP contribution < -0.4 is 9.47 Å². The lowest BCUT2D eigenvalue weighted by atomic mass is 10.1. The first-order chi connectivity index (χ1) is 11.8. The Labute approximate surface area is 141 Å². The smallest absolute Gasteiger partial charge is 0.227 e. The molecule has 0 N–H and O–H groups in total. The van der Waals surface area contributed by atoms with Gasteiger partial charge in [-0.05, 0) is 66.8 Å². The van der Waals surface area contributed by atoms with Gasteiger partial charge >= 0.3 is 0 Å². The van der Waals surface area contributed by atoms with Gasteiger partial charge in [-0.1, -0.05) is 6.07 Å². The van der Waals surface area contributed by atoms with E-state index in [4.69, 9.17) is 9.47 Å². The summed E-state index contributed by atoms with van der Waals surface area (Å²) in [5, 5.41) is 0. The predicted octanol–water partition coefficient (Wildman–Crippen LogP) is 4.43. The van der Waals surface area contributed by atoms with Gasteiger partial charge in [0.15, 0.2) is 0 Å². The topological polar surface area (TPSA) is 44.2 Å². The molecule has 1 aliphatic rings. The van der Waals surface area contributed by atoms with E-state index >= 15 is 0 Å². The number of ether oxygens (including phenoxy) is 2. The molecule has 4 rings (SSSR count). The zero-order valence-electron chi connectivity index (χ0n) is 13.5. The van der Waals surface area contributed by atoms with Gasteiger partial charge in [-0.25, -0.2) is 9.97 Å². The van der Waals surface area contributed by atoms with Crippen LogP contribution >= 0.6 is 0 Å². The van der Waals surface area contributed by atoms with Gasteiger partial charge in [0, 0.05) is 23.5 Å². The molecular formula is C20H18N2O2. The summed E-state index contributed by atoms with van der Waals surface area (Å²) in [5.74, 6) is 1.93. The number of nitrogens with zero attached hydrogens (tertiary/aromatic N) is 2. The lowest BCUT2D eigenvalue weighted by Gasteiger charge is -2.12. The second-order valence-electron chi connectivity index (χ2n) is 5.80. The number of rotatable bonds is 4. The van der Waals surface area contributed by atoms with Gasteiger partial charge in [0.25, 0.3) is 0 Å². The minimum absolute atomic E-state index is 0.557. The highest BCUT2D eigenvalue weighted by atomic mass is 16.5. The summed E-state index contributed by atoms with van der Waals surface area (Å²) in [6.07, 6.45) is 6.95. The van der Waals surface area contributed by atoms with Crippen LogP contribution in [0.2, 0.25) is 0 Å². The predicted molar refractivity (Wildman–Crippen MR) is 92.6 cm³/mol. The minimum atomic E-state index is 0.557. The first-order valence-electron chi connectivity index (χ1n) is 8.09. The summed E-state index contributed by atoms with van der Waals surface area (Å²) >= 11 is 0. The van der Waals surface area contributed by atoms with Crippen molar-refractivity contribution in [3.63, 3.8) is 0 Å². The van der Waals surface area contributed by atoms with E-state index in [1.807, 2.05) is 30.3 Å². The summed E-state index contributed by atoms with van der Waals surface area (Å²) in [6.45, 7) is 0. The molecule has 0 saturated carbocycles. The van der Waals surface area contributed by atoms with Crippen molar-refractivity contribution >= 4 is 0 Å². The number of methoxy groups -OCH3 is 1. The van der Waals surface area contributed by atoms with E-state index in [1.54, 1.807) is 19.5 Å². The van der Waals surface area contributed by atoms with Crippen molar-refractivity contribution in [3.8, 4) is 28.6 Å². The van der Waals surface area contributed by atoms with Crippen LogP contribution in [-0.2, 0) is 12.8 Å². The number of aromatic nitrogens is 2. The molecule has 0 fully saturated rings. The quantitative estimate of drug-likeness (QED) is 0.713. The molecule has 0 radical (unpaired) electrons. The molecule has 120 valence electrons. The van der Waals surface area contributed by atoms with E-state index < -0.39 is 0 Å². The number of aryl methyl sites for hydroxylation is 2. The van der Waals surface area contributed by atoms with E-state index in [9.17, 15) is 0 Å². The van der Waals surface area contributed by atoms with Crippen LogP contribution in [0.25, 0.3) is 11.1 Å². The number of hydrogen-bond donors (Lipinski definition) is 0. The lowest BCUT2D eigenvalue weighted by Crippen LogP contribution is -1.95. The van der Waals surface area contributed by atoms with Crippen molar-refractivity contribution in [1.29, 1.82) is 0 Å². The number of benzene rings is 1. The van der Waals surface area contributed by atoms with Crippen LogP contribution in [0.1, 0.15) is 17.5 Å². The van der Waals surface area contributed by atoms with Gasteiger partial charge in [0.1, 0.15) is 5.75 Å². The molecule has 0 spiro atoms. The molecule has 0 bridgehead atoms. The van der Waals surface area contributed by atoms with Crippen molar-refractivity contribution < 1.29 is 9.47 Å². The van der Waals surface area contributed by atoms with E-state index in [0.29, 0.717) is 11.8 Å². The third-order valence-corrected chi connectivity index (χ3v) is 4.31. The highest BCUT2D eigenvalue weighted by molar-refractivity contribution is 5.73. The van der Waals surface area contributed by atoms with E-state index in [2.05, 4.69) is 22.1 Å². The van der Waals surface area contributed by atoms with E-state index in [0.717, 1.165) is 29.7 Å². The number of pyridine rings is 2. The molecule has 0 amide bonds. The third kappa shape index (κ3) is 2.71. The van der Waals surface area contributed by atoms with Crippen LogP contribution in [0.3, 0.4) is 0 Å². The number of hydrogen-bond acceptors (Lipinski definition) is 4. The van der Waals surface area contributed by atoms with Gasteiger partial charge in [0.05, 0.1) is 7.11 Å². The van der Waals surface area contributed by atoms with Gasteiger partial charge in [0.2, 0.25) is 11.8 Å². The number of fused-ring (bicyclic) bond motifs is 1. The Morgan fingerprint density at radius 2 is 1.54 bits per heavy atom. The summed E-state index contributed by atoms with van der Waals surface area (Å²) in [5.41, 5.74) is 4.54. The fourth-order valence-electron chi connectivity index (χ4n) is 3.16. The molecule has 2 aromatic heterocycles. The monoisotopic (exact) mass is 318 g/mol. The molecule has 4 nitrogen and oxygen atoms in total. The molecule has 0 saturated heterocycles. The minimum Gasteiger partial charge on any atom is -0.481 e. The zero-order chi connectivity index (χ0) is 16.4. The highest BCUT2D eigenvalue weighted by Crippen LogP contribution is 2.36. The molecule has 3 aromatic rings. The molecule has 0 atom stereocenters. The summed E-state index contributed by atoms with van der Waals surface area (Å²) in [7, 11) is 1.61. The lowest BCUT2D eigenvalue weighted by molar-refractivity contribution is 0.399. The average Bonchev–Trinajstić information content (AvgIpc) is 3.10. The second kappa shape index (κ2) is 6.32. The van der Waals surface area contributed by atoms with Crippen LogP contribution in [-0.4, -0.2) is 17.1 Å². The summed E-state index contributed by atoms with van der Waals surface area (Å²) in [6, 6.07) is 14.0.